The summed E-state index contributed by atoms with van der Waals surface area (Å²) >= 11 is 0. The molecule has 1 aliphatic rings. The SMILES string of the molecule is CCC1CCCCC1(N)c1ccc2ncccc2c1. The van der Waals surface area contributed by atoms with Gasteiger partial charge in [0.05, 0.1) is 5.52 Å². The molecule has 0 spiro atoms. The van der Waals surface area contributed by atoms with E-state index < -0.39 is 0 Å². The largest absolute Gasteiger partial charge is 0.321 e. The third kappa shape index (κ3) is 2.14. The highest BCUT2D eigenvalue weighted by Gasteiger charge is 2.37. The van der Waals surface area contributed by atoms with Gasteiger partial charge in [-0.15, -0.1) is 0 Å². The van der Waals surface area contributed by atoms with Gasteiger partial charge in [0.1, 0.15) is 0 Å². The summed E-state index contributed by atoms with van der Waals surface area (Å²) in [6, 6.07) is 10.7. The Kier molecular flexibility index (Phi) is 3.28. The van der Waals surface area contributed by atoms with Crippen molar-refractivity contribution in [1.29, 1.82) is 0 Å². The van der Waals surface area contributed by atoms with Crippen molar-refractivity contribution < 1.29 is 0 Å². The summed E-state index contributed by atoms with van der Waals surface area (Å²) < 4.78 is 0. The molecule has 1 fully saturated rings. The summed E-state index contributed by atoms with van der Waals surface area (Å²) in [5.41, 5.74) is 9.01. The molecule has 0 saturated heterocycles. The fourth-order valence-corrected chi connectivity index (χ4v) is 3.58. The van der Waals surface area contributed by atoms with Gasteiger partial charge in [-0.1, -0.05) is 38.3 Å². The molecule has 1 aliphatic carbocycles. The molecule has 2 heteroatoms. The van der Waals surface area contributed by atoms with Crippen LogP contribution in [0.4, 0.5) is 0 Å². The van der Waals surface area contributed by atoms with Gasteiger partial charge in [0.25, 0.3) is 0 Å². The van der Waals surface area contributed by atoms with Crippen LogP contribution in [-0.4, -0.2) is 4.98 Å². The first kappa shape index (κ1) is 12.6. The lowest BCUT2D eigenvalue weighted by atomic mass is 9.68. The van der Waals surface area contributed by atoms with Crippen LogP contribution in [-0.2, 0) is 5.54 Å². The Morgan fingerprint density at radius 1 is 1.32 bits per heavy atom. The number of fused-ring (bicyclic) bond motifs is 1. The first-order chi connectivity index (χ1) is 9.24. The van der Waals surface area contributed by atoms with Crippen LogP contribution in [0.25, 0.3) is 10.9 Å². The lowest BCUT2D eigenvalue weighted by Gasteiger charge is -2.41. The molecular formula is C17H22N2. The topological polar surface area (TPSA) is 38.9 Å². The number of nitrogens with two attached hydrogens (primary N) is 1. The number of hydrogen-bond acceptors (Lipinski definition) is 2. The van der Waals surface area contributed by atoms with Gasteiger partial charge in [-0.3, -0.25) is 4.98 Å². The molecule has 100 valence electrons. The van der Waals surface area contributed by atoms with E-state index in [2.05, 4.69) is 36.2 Å². The molecule has 2 N–H and O–H groups in total. The second kappa shape index (κ2) is 4.93. The zero-order valence-electron chi connectivity index (χ0n) is 11.6. The summed E-state index contributed by atoms with van der Waals surface area (Å²) in [6.07, 6.45) is 7.96. The Morgan fingerprint density at radius 2 is 2.21 bits per heavy atom. The van der Waals surface area contributed by atoms with Gasteiger partial charge in [0.15, 0.2) is 0 Å². The van der Waals surface area contributed by atoms with Gasteiger partial charge in [-0.25, -0.2) is 0 Å². The molecule has 1 aromatic carbocycles. The van der Waals surface area contributed by atoms with E-state index in [0.717, 1.165) is 11.9 Å². The number of pyridine rings is 1. The summed E-state index contributed by atoms with van der Waals surface area (Å²) in [7, 11) is 0. The summed E-state index contributed by atoms with van der Waals surface area (Å²) in [5, 5.41) is 1.20. The van der Waals surface area contributed by atoms with E-state index in [4.69, 9.17) is 5.73 Å². The molecule has 0 aliphatic heterocycles. The maximum atomic E-state index is 6.81. The van der Waals surface area contributed by atoms with E-state index in [-0.39, 0.29) is 5.54 Å². The Labute approximate surface area is 115 Å². The van der Waals surface area contributed by atoms with Crippen molar-refractivity contribution >= 4 is 10.9 Å². The first-order valence-electron chi connectivity index (χ1n) is 7.38. The summed E-state index contributed by atoms with van der Waals surface area (Å²) in [4.78, 5) is 4.39. The van der Waals surface area contributed by atoms with Crippen LogP contribution in [0.1, 0.15) is 44.6 Å². The van der Waals surface area contributed by atoms with Crippen molar-refractivity contribution in [3.63, 3.8) is 0 Å². The predicted molar refractivity (Wildman–Crippen MR) is 79.9 cm³/mol. The number of rotatable bonds is 2. The van der Waals surface area contributed by atoms with Crippen molar-refractivity contribution in [2.24, 2.45) is 11.7 Å². The fourth-order valence-electron chi connectivity index (χ4n) is 3.58. The first-order valence-corrected chi connectivity index (χ1v) is 7.38. The maximum Gasteiger partial charge on any atom is 0.0702 e. The van der Waals surface area contributed by atoms with Crippen LogP contribution in [0.2, 0.25) is 0 Å². The van der Waals surface area contributed by atoms with Crippen molar-refractivity contribution in [2.75, 3.05) is 0 Å². The molecule has 19 heavy (non-hydrogen) atoms. The second-order valence-corrected chi connectivity index (χ2v) is 5.80. The van der Waals surface area contributed by atoms with E-state index in [0.29, 0.717) is 5.92 Å². The molecule has 2 aromatic rings. The highest BCUT2D eigenvalue weighted by atomic mass is 14.8. The van der Waals surface area contributed by atoms with Gasteiger partial charge in [-0.05, 0) is 42.5 Å². The van der Waals surface area contributed by atoms with Crippen molar-refractivity contribution in [1.82, 2.24) is 4.98 Å². The average Bonchev–Trinajstić information content (AvgIpc) is 2.47. The van der Waals surface area contributed by atoms with E-state index in [1.54, 1.807) is 0 Å². The highest BCUT2D eigenvalue weighted by molar-refractivity contribution is 5.79. The molecule has 0 bridgehead atoms. The lowest BCUT2D eigenvalue weighted by Crippen LogP contribution is -2.46. The maximum absolute atomic E-state index is 6.81. The summed E-state index contributed by atoms with van der Waals surface area (Å²) in [5.74, 6) is 0.607. The van der Waals surface area contributed by atoms with E-state index in [9.17, 15) is 0 Å². The van der Waals surface area contributed by atoms with Gasteiger partial charge in [0.2, 0.25) is 0 Å². The van der Waals surface area contributed by atoms with Crippen molar-refractivity contribution in [3.05, 3.63) is 42.1 Å². The Balaban J connectivity index is 2.06. The van der Waals surface area contributed by atoms with Crippen molar-refractivity contribution in [2.45, 2.75) is 44.6 Å². The molecule has 3 rings (SSSR count). The van der Waals surface area contributed by atoms with Gasteiger partial charge in [-0.2, -0.15) is 0 Å². The average molecular weight is 254 g/mol. The standard InChI is InChI=1S/C17H22N2/c1-2-14-7-3-4-10-17(14,18)15-8-9-16-13(12-15)6-5-11-19-16/h5-6,8-9,11-12,14H,2-4,7,10,18H2,1H3. The number of aromatic nitrogens is 1. The molecular weight excluding hydrogens is 232 g/mol. The van der Waals surface area contributed by atoms with Gasteiger partial charge >= 0.3 is 0 Å². The van der Waals surface area contributed by atoms with E-state index >= 15 is 0 Å². The molecule has 2 atom stereocenters. The van der Waals surface area contributed by atoms with Crippen LogP contribution in [0.5, 0.6) is 0 Å². The minimum atomic E-state index is -0.142. The van der Waals surface area contributed by atoms with E-state index in [1.807, 2.05) is 12.3 Å². The Morgan fingerprint density at radius 3 is 3.05 bits per heavy atom. The predicted octanol–water partition coefficient (Wildman–Crippen LogP) is 3.99. The zero-order valence-corrected chi connectivity index (χ0v) is 11.6. The fraction of sp³-hybridized carbons (Fsp3) is 0.471. The molecule has 0 amide bonds. The van der Waals surface area contributed by atoms with Gasteiger partial charge in [0, 0.05) is 17.1 Å². The van der Waals surface area contributed by atoms with Crippen molar-refractivity contribution in [3.8, 4) is 0 Å². The van der Waals surface area contributed by atoms with Crippen LogP contribution in [0.3, 0.4) is 0 Å². The minimum Gasteiger partial charge on any atom is -0.321 e. The normalized spacial score (nSPS) is 27.6. The second-order valence-electron chi connectivity index (χ2n) is 5.80. The molecule has 1 saturated carbocycles. The molecule has 1 aromatic heterocycles. The van der Waals surface area contributed by atoms with E-state index in [1.165, 1.54) is 36.6 Å². The smallest absolute Gasteiger partial charge is 0.0702 e. The third-order valence-corrected chi connectivity index (χ3v) is 4.75. The summed E-state index contributed by atoms with van der Waals surface area (Å²) in [6.45, 7) is 2.26. The minimum absolute atomic E-state index is 0.142. The number of nitrogens with zero attached hydrogens (tertiary/aromatic N) is 1. The highest BCUT2D eigenvalue weighted by Crippen LogP contribution is 2.41. The zero-order chi connectivity index (χ0) is 13.3. The quantitative estimate of drug-likeness (QED) is 0.880. The lowest BCUT2D eigenvalue weighted by molar-refractivity contribution is 0.184. The monoisotopic (exact) mass is 254 g/mol. The molecule has 0 radical (unpaired) electrons. The van der Waals surface area contributed by atoms with Gasteiger partial charge < -0.3 is 5.73 Å². The molecule has 2 unspecified atom stereocenters. The third-order valence-electron chi connectivity index (χ3n) is 4.75. The molecule has 1 heterocycles. The number of hydrogen-bond donors (Lipinski definition) is 1. The van der Waals surface area contributed by atoms with Crippen LogP contribution in [0, 0.1) is 5.92 Å². The van der Waals surface area contributed by atoms with Crippen LogP contribution in [0.15, 0.2) is 36.5 Å². The van der Waals surface area contributed by atoms with Crippen LogP contribution >= 0.6 is 0 Å². The Hall–Kier alpha value is -1.41. The number of benzene rings is 1. The molecule has 2 nitrogen and oxygen atoms in total. The Bertz CT molecular complexity index is 578. The van der Waals surface area contributed by atoms with Crippen LogP contribution < -0.4 is 5.73 Å².